The summed E-state index contributed by atoms with van der Waals surface area (Å²) in [5, 5.41) is 15.8. The molecule has 29 heavy (non-hydrogen) atoms. The van der Waals surface area contributed by atoms with Crippen molar-refractivity contribution < 1.29 is 9.72 Å². The lowest BCUT2D eigenvalue weighted by atomic mass is 9.89. The standard InChI is InChI=1S/C18H20N6O4S/c1-8-5-6-11-12(7-8)29-17-13(11)18(26)23(10(3)19-17)21-16(25)14-15(24(27)28)9(2)22(4)20-14/h8H,5-7H2,1-4H3,(H,21,25)/t8-/m1/s1. The Balaban J connectivity index is 1.80. The first-order chi connectivity index (χ1) is 13.7. The summed E-state index contributed by atoms with van der Waals surface area (Å²) in [6, 6.07) is 0. The van der Waals surface area contributed by atoms with Crippen LogP contribution in [0.15, 0.2) is 4.79 Å². The summed E-state index contributed by atoms with van der Waals surface area (Å²) in [7, 11) is 1.52. The maximum Gasteiger partial charge on any atom is 0.322 e. The normalized spacial score (nSPS) is 16.1. The first-order valence-electron chi connectivity index (χ1n) is 9.22. The third-order valence-electron chi connectivity index (χ3n) is 5.41. The number of nitrogens with zero attached hydrogens (tertiary/aromatic N) is 5. The zero-order valence-corrected chi connectivity index (χ0v) is 17.3. The molecule has 3 aromatic heterocycles. The highest BCUT2D eigenvalue weighted by Gasteiger charge is 2.30. The fourth-order valence-electron chi connectivity index (χ4n) is 3.75. The molecule has 11 heteroatoms. The van der Waals surface area contributed by atoms with Gasteiger partial charge in [-0.05, 0) is 44.6 Å². The van der Waals surface area contributed by atoms with E-state index in [9.17, 15) is 19.7 Å². The second-order valence-corrected chi connectivity index (χ2v) is 8.52. The summed E-state index contributed by atoms with van der Waals surface area (Å²) in [6.07, 6.45) is 2.72. The van der Waals surface area contributed by atoms with Crippen LogP contribution in [0.4, 0.5) is 5.69 Å². The minimum absolute atomic E-state index is 0.249. The molecule has 0 aliphatic heterocycles. The van der Waals surface area contributed by atoms with Gasteiger partial charge in [0.05, 0.1) is 10.3 Å². The average molecular weight is 416 g/mol. The third kappa shape index (κ3) is 3.01. The number of aryl methyl sites for hydroxylation is 3. The molecule has 152 valence electrons. The second-order valence-electron chi connectivity index (χ2n) is 7.44. The Bertz CT molecular complexity index is 1240. The number of fused-ring (bicyclic) bond motifs is 3. The molecule has 1 aliphatic rings. The lowest BCUT2D eigenvalue weighted by Crippen LogP contribution is -2.36. The van der Waals surface area contributed by atoms with Gasteiger partial charge >= 0.3 is 5.69 Å². The van der Waals surface area contributed by atoms with E-state index < -0.39 is 10.8 Å². The average Bonchev–Trinajstić information content (AvgIpc) is 3.15. The number of nitro groups is 1. The Labute approximate surface area is 169 Å². The van der Waals surface area contributed by atoms with Crippen molar-refractivity contribution in [1.29, 1.82) is 0 Å². The number of rotatable bonds is 3. The number of hydrogen-bond donors (Lipinski definition) is 1. The van der Waals surface area contributed by atoms with E-state index in [0.29, 0.717) is 22.0 Å². The third-order valence-corrected chi connectivity index (χ3v) is 6.56. The summed E-state index contributed by atoms with van der Waals surface area (Å²) in [5.41, 5.74) is 2.61. The number of aromatic nitrogens is 4. The molecule has 4 rings (SSSR count). The smallest absolute Gasteiger partial charge is 0.267 e. The molecule has 3 heterocycles. The lowest BCUT2D eigenvalue weighted by molar-refractivity contribution is -0.385. The van der Waals surface area contributed by atoms with Gasteiger partial charge in [0, 0.05) is 11.9 Å². The predicted octanol–water partition coefficient (Wildman–Crippen LogP) is 2.23. The summed E-state index contributed by atoms with van der Waals surface area (Å²) >= 11 is 1.53. The van der Waals surface area contributed by atoms with Gasteiger partial charge in [-0.15, -0.1) is 11.3 Å². The van der Waals surface area contributed by atoms with Crippen molar-refractivity contribution in [2.75, 3.05) is 5.43 Å². The summed E-state index contributed by atoms with van der Waals surface area (Å²) < 4.78 is 2.32. The Morgan fingerprint density at radius 1 is 1.38 bits per heavy atom. The molecule has 3 aromatic rings. The predicted molar refractivity (Wildman–Crippen MR) is 108 cm³/mol. The Hall–Kier alpha value is -3.08. The van der Waals surface area contributed by atoms with Crippen LogP contribution in [0.3, 0.4) is 0 Å². The van der Waals surface area contributed by atoms with Gasteiger partial charge in [0.25, 0.3) is 11.5 Å². The van der Waals surface area contributed by atoms with Gasteiger partial charge < -0.3 is 0 Å². The minimum Gasteiger partial charge on any atom is -0.267 e. The fourth-order valence-corrected chi connectivity index (χ4v) is 5.16. The first-order valence-corrected chi connectivity index (χ1v) is 10.0. The van der Waals surface area contributed by atoms with E-state index in [1.54, 1.807) is 6.92 Å². The quantitative estimate of drug-likeness (QED) is 0.515. The van der Waals surface area contributed by atoms with E-state index in [2.05, 4.69) is 22.4 Å². The van der Waals surface area contributed by atoms with Crippen LogP contribution in [0.5, 0.6) is 0 Å². The van der Waals surface area contributed by atoms with E-state index >= 15 is 0 Å². The van der Waals surface area contributed by atoms with Gasteiger partial charge in [-0.1, -0.05) is 6.92 Å². The maximum atomic E-state index is 13.2. The fraction of sp³-hybridized carbons (Fsp3) is 0.444. The molecular weight excluding hydrogens is 396 g/mol. The topological polar surface area (TPSA) is 125 Å². The summed E-state index contributed by atoms with van der Waals surface area (Å²) in [5.74, 6) is 0.0359. The molecule has 1 amide bonds. The van der Waals surface area contributed by atoms with Crippen molar-refractivity contribution in [2.45, 2.75) is 40.0 Å². The molecule has 0 aromatic carbocycles. The van der Waals surface area contributed by atoms with Gasteiger partial charge in [0.2, 0.25) is 5.69 Å². The molecule has 0 saturated heterocycles. The highest BCUT2D eigenvalue weighted by molar-refractivity contribution is 7.18. The van der Waals surface area contributed by atoms with Crippen LogP contribution in [0.25, 0.3) is 10.2 Å². The van der Waals surface area contributed by atoms with Gasteiger partial charge in [-0.25, -0.2) is 9.66 Å². The van der Waals surface area contributed by atoms with Crippen molar-refractivity contribution in [1.82, 2.24) is 19.4 Å². The molecule has 10 nitrogen and oxygen atoms in total. The number of nitrogens with one attached hydrogen (secondary N) is 1. The Morgan fingerprint density at radius 3 is 2.79 bits per heavy atom. The van der Waals surface area contributed by atoms with Crippen LogP contribution in [0, 0.1) is 29.9 Å². The van der Waals surface area contributed by atoms with Gasteiger partial charge in [-0.2, -0.15) is 5.10 Å². The molecule has 0 radical (unpaired) electrons. The molecule has 1 aliphatic carbocycles. The molecule has 0 fully saturated rings. The van der Waals surface area contributed by atoms with Crippen molar-refractivity contribution in [3.63, 3.8) is 0 Å². The highest BCUT2D eigenvalue weighted by atomic mass is 32.1. The van der Waals surface area contributed by atoms with Crippen molar-refractivity contribution >= 4 is 33.1 Å². The molecule has 0 spiro atoms. The molecule has 0 unspecified atom stereocenters. The van der Waals surface area contributed by atoms with Crippen LogP contribution in [-0.2, 0) is 19.9 Å². The number of amides is 1. The highest BCUT2D eigenvalue weighted by Crippen LogP contribution is 2.35. The van der Waals surface area contributed by atoms with E-state index in [-0.39, 0.29) is 22.6 Å². The second kappa shape index (κ2) is 6.76. The number of carbonyl (C=O) groups excluding carboxylic acids is 1. The lowest BCUT2D eigenvalue weighted by Gasteiger charge is -2.17. The van der Waals surface area contributed by atoms with Crippen LogP contribution >= 0.6 is 11.3 Å². The Morgan fingerprint density at radius 2 is 2.10 bits per heavy atom. The number of hydrogen-bond acceptors (Lipinski definition) is 7. The van der Waals surface area contributed by atoms with Crippen LogP contribution in [0.1, 0.15) is 45.8 Å². The van der Waals surface area contributed by atoms with E-state index in [1.807, 2.05) is 0 Å². The molecule has 0 saturated carbocycles. The summed E-state index contributed by atoms with van der Waals surface area (Å²) in [4.78, 5) is 43.0. The number of carbonyl (C=O) groups is 1. The van der Waals surface area contributed by atoms with E-state index in [1.165, 1.54) is 34.9 Å². The van der Waals surface area contributed by atoms with Crippen molar-refractivity contribution in [2.24, 2.45) is 13.0 Å². The van der Waals surface area contributed by atoms with Crippen LogP contribution in [0.2, 0.25) is 0 Å². The van der Waals surface area contributed by atoms with Crippen molar-refractivity contribution in [3.8, 4) is 0 Å². The SMILES string of the molecule is Cc1c([N+](=O)[O-])c(C(=O)Nn2c(C)nc3sc4c(c3c2=O)CC[C@@H](C)C4)nn1C. The zero-order valence-electron chi connectivity index (χ0n) is 16.5. The Kier molecular flexibility index (Phi) is 4.49. The van der Waals surface area contributed by atoms with E-state index in [4.69, 9.17) is 0 Å². The number of thiophene rings is 1. The molecule has 0 bridgehead atoms. The van der Waals surface area contributed by atoms with Gasteiger partial charge in [0.1, 0.15) is 16.3 Å². The van der Waals surface area contributed by atoms with E-state index in [0.717, 1.165) is 29.5 Å². The van der Waals surface area contributed by atoms with Gasteiger partial charge in [-0.3, -0.25) is 29.8 Å². The monoisotopic (exact) mass is 416 g/mol. The largest absolute Gasteiger partial charge is 0.322 e. The molecule has 1 atom stereocenters. The van der Waals surface area contributed by atoms with Crippen LogP contribution < -0.4 is 11.0 Å². The first kappa shape index (κ1) is 19.2. The van der Waals surface area contributed by atoms with Crippen LogP contribution in [-0.4, -0.2) is 30.3 Å². The summed E-state index contributed by atoms with van der Waals surface area (Å²) in [6.45, 7) is 5.30. The maximum absolute atomic E-state index is 13.2. The van der Waals surface area contributed by atoms with Crippen molar-refractivity contribution in [3.05, 3.63) is 48.1 Å². The molecular formula is C18H20N6O4S. The zero-order chi connectivity index (χ0) is 21.0. The van der Waals surface area contributed by atoms with Gasteiger partial charge in [0.15, 0.2) is 0 Å². The molecule has 1 N–H and O–H groups in total. The minimum atomic E-state index is -0.829.